The van der Waals surface area contributed by atoms with Crippen LogP contribution in [0.4, 0.5) is 5.69 Å². The van der Waals surface area contributed by atoms with Crippen molar-refractivity contribution in [2.75, 3.05) is 18.9 Å². The smallest absolute Gasteiger partial charge is 0.238 e. The van der Waals surface area contributed by atoms with Gasteiger partial charge in [0.2, 0.25) is 5.91 Å². The van der Waals surface area contributed by atoms with Crippen molar-refractivity contribution in [1.29, 1.82) is 0 Å². The number of rotatable bonds is 5. The molecule has 0 heterocycles. The Hall–Kier alpha value is -1.65. The van der Waals surface area contributed by atoms with E-state index in [1.165, 1.54) is 11.1 Å². The average Bonchev–Trinajstić information content (AvgIpc) is 2.44. The van der Waals surface area contributed by atoms with Crippen molar-refractivity contribution in [2.45, 2.75) is 13.5 Å². The molecule has 0 unspecified atom stereocenters. The monoisotopic (exact) mass is 346 g/mol. The number of hydrogen-bond acceptors (Lipinski definition) is 2. The molecule has 4 heteroatoms. The number of carbonyl (C=O) groups excluding carboxylic acids is 1. The van der Waals surface area contributed by atoms with Crippen LogP contribution in [0.3, 0.4) is 0 Å². The van der Waals surface area contributed by atoms with Gasteiger partial charge in [-0.15, -0.1) is 0 Å². The van der Waals surface area contributed by atoms with E-state index in [4.69, 9.17) is 0 Å². The summed E-state index contributed by atoms with van der Waals surface area (Å²) in [5.74, 6) is -0.00142. The Kier molecular flexibility index (Phi) is 5.53. The highest BCUT2D eigenvalue weighted by Gasteiger charge is 2.07. The molecule has 2 aromatic rings. The van der Waals surface area contributed by atoms with Gasteiger partial charge in [-0.1, -0.05) is 45.8 Å². The van der Waals surface area contributed by atoms with Gasteiger partial charge >= 0.3 is 0 Å². The third-order valence-electron chi connectivity index (χ3n) is 3.11. The average molecular weight is 347 g/mol. The molecule has 2 rings (SSSR count). The van der Waals surface area contributed by atoms with Gasteiger partial charge in [0.05, 0.1) is 6.54 Å². The van der Waals surface area contributed by atoms with Crippen molar-refractivity contribution in [3.05, 3.63) is 64.1 Å². The topological polar surface area (TPSA) is 32.3 Å². The summed E-state index contributed by atoms with van der Waals surface area (Å²) in [6, 6.07) is 15.9. The summed E-state index contributed by atoms with van der Waals surface area (Å²) in [5.41, 5.74) is 3.20. The number of anilines is 1. The fraction of sp³-hybridized carbons (Fsp3) is 0.235. The third kappa shape index (κ3) is 5.33. The molecule has 1 N–H and O–H groups in total. The molecule has 0 aliphatic heterocycles. The summed E-state index contributed by atoms with van der Waals surface area (Å²) in [6.07, 6.45) is 0. The molecule has 3 nitrogen and oxygen atoms in total. The summed E-state index contributed by atoms with van der Waals surface area (Å²) in [4.78, 5) is 14.0. The van der Waals surface area contributed by atoms with Crippen molar-refractivity contribution in [2.24, 2.45) is 0 Å². The van der Waals surface area contributed by atoms with Crippen LogP contribution < -0.4 is 5.32 Å². The maximum atomic E-state index is 12.0. The molecular weight excluding hydrogens is 328 g/mol. The van der Waals surface area contributed by atoms with E-state index in [0.29, 0.717) is 6.54 Å². The Labute approximate surface area is 134 Å². The molecular formula is C17H19BrN2O. The van der Waals surface area contributed by atoms with Gasteiger partial charge in [-0.25, -0.2) is 0 Å². The standard InChI is InChI=1S/C17H19BrN2O/c1-13-3-9-16(10-4-13)19-17(21)12-20(2)11-14-5-7-15(18)8-6-14/h3-10H,11-12H2,1-2H3,(H,19,21). The first kappa shape index (κ1) is 15.7. The second-order valence-corrected chi connectivity index (χ2v) is 6.13. The fourth-order valence-electron chi connectivity index (χ4n) is 2.04. The molecule has 1 amide bonds. The van der Waals surface area contributed by atoms with Crippen molar-refractivity contribution >= 4 is 27.5 Å². The normalized spacial score (nSPS) is 10.7. The lowest BCUT2D eigenvalue weighted by molar-refractivity contribution is -0.117. The van der Waals surface area contributed by atoms with Crippen LogP contribution in [0, 0.1) is 6.92 Å². The van der Waals surface area contributed by atoms with Crippen LogP contribution in [-0.2, 0) is 11.3 Å². The Morgan fingerprint density at radius 1 is 1.10 bits per heavy atom. The zero-order valence-corrected chi connectivity index (χ0v) is 13.9. The highest BCUT2D eigenvalue weighted by molar-refractivity contribution is 9.10. The van der Waals surface area contributed by atoms with E-state index in [1.807, 2.05) is 55.3 Å². The minimum Gasteiger partial charge on any atom is -0.325 e. The van der Waals surface area contributed by atoms with Gasteiger partial charge in [-0.3, -0.25) is 9.69 Å². The van der Waals surface area contributed by atoms with Crippen LogP contribution in [0.1, 0.15) is 11.1 Å². The Morgan fingerprint density at radius 2 is 1.71 bits per heavy atom. The van der Waals surface area contributed by atoms with Crippen molar-refractivity contribution in [3.63, 3.8) is 0 Å². The number of aryl methyl sites for hydroxylation is 1. The zero-order chi connectivity index (χ0) is 15.2. The lowest BCUT2D eigenvalue weighted by Crippen LogP contribution is -2.29. The lowest BCUT2D eigenvalue weighted by Gasteiger charge is -2.16. The number of halogens is 1. The Balaban J connectivity index is 1.84. The van der Waals surface area contributed by atoms with Crippen molar-refractivity contribution in [3.8, 4) is 0 Å². The first-order valence-electron chi connectivity index (χ1n) is 6.82. The first-order valence-corrected chi connectivity index (χ1v) is 7.62. The molecule has 21 heavy (non-hydrogen) atoms. The zero-order valence-electron chi connectivity index (χ0n) is 12.3. The maximum Gasteiger partial charge on any atom is 0.238 e. The number of hydrogen-bond donors (Lipinski definition) is 1. The number of likely N-dealkylation sites (N-methyl/N-ethyl adjacent to an activating group) is 1. The predicted molar refractivity (Wildman–Crippen MR) is 90.3 cm³/mol. The van der Waals surface area contributed by atoms with E-state index in [-0.39, 0.29) is 5.91 Å². The minimum atomic E-state index is -0.00142. The van der Waals surface area contributed by atoms with E-state index < -0.39 is 0 Å². The van der Waals surface area contributed by atoms with Crippen molar-refractivity contribution in [1.82, 2.24) is 4.90 Å². The molecule has 0 saturated carbocycles. The second kappa shape index (κ2) is 7.38. The van der Waals surface area contributed by atoms with Crippen LogP contribution in [-0.4, -0.2) is 24.4 Å². The largest absolute Gasteiger partial charge is 0.325 e. The summed E-state index contributed by atoms with van der Waals surface area (Å²) >= 11 is 3.42. The van der Waals surface area contributed by atoms with Gasteiger partial charge in [0.1, 0.15) is 0 Å². The van der Waals surface area contributed by atoms with E-state index in [1.54, 1.807) is 0 Å². The fourth-order valence-corrected chi connectivity index (χ4v) is 2.30. The minimum absolute atomic E-state index is 0.00142. The maximum absolute atomic E-state index is 12.0. The number of nitrogens with one attached hydrogen (secondary N) is 1. The van der Waals surface area contributed by atoms with Crippen LogP contribution >= 0.6 is 15.9 Å². The van der Waals surface area contributed by atoms with Gasteiger partial charge in [0.15, 0.2) is 0 Å². The van der Waals surface area contributed by atoms with E-state index in [2.05, 4.69) is 33.4 Å². The third-order valence-corrected chi connectivity index (χ3v) is 3.64. The van der Waals surface area contributed by atoms with E-state index in [9.17, 15) is 4.79 Å². The summed E-state index contributed by atoms with van der Waals surface area (Å²) in [6.45, 7) is 3.14. The van der Waals surface area contributed by atoms with Gasteiger partial charge in [-0.05, 0) is 43.8 Å². The molecule has 0 aromatic heterocycles. The van der Waals surface area contributed by atoms with Gasteiger partial charge in [0.25, 0.3) is 0 Å². The van der Waals surface area contributed by atoms with Crippen LogP contribution in [0.2, 0.25) is 0 Å². The molecule has 0 bridgehead atoms. The Morgan fingerprint density at radius 3 is 2.33 bits per heavy atom. The molecule has 0 radical (unpaired) electrons. The van der Waals surface area contributed by atoms with Gasteiger partial charge in [-0.2, -0.15) is 0 Å². The van der Waals surface area contributed by atoms with Crippen LogP contribution in [0.5, 0.6) is 0 Å². The van der Waals surface area contributed by atoms with Gasteiger partial charge in [0, 0.05) is 16.7 Å². The molecule has 0 atom stereocenters. The second-order valence-electron chi connectivity index (χ2n) is 5.21. The highest BCUT2D eigenvalue weighted by atomic mass is 79.9. The highest BCUT2D eigenvalue weighted by Crippen LogP contribution is 2.12. The molecule has 0 saturated heterocycles. The summed E-state index contributed by atoms with van der Waals surface area (Å²) < 4.78 is 1.06. The van der Waals surface area contributed by atoms with Crippen molar-refractivity contribution < 1.29 is 4.79 Å². The molecule has 2 aromatic carbocycles. The molecule has 0 spiro atoms. The number of benzene rings is 2. The number of nitrogens with zero attached hydrogens (tertiary/aromatic N) is 1. The molecule has 0 fully saturated rings. The molecule has 0 aliphatic carbocycles. The molecule has 0 aliphatic rings. The predicted octanol–water partition coefficient (Wildman–Crippen LogP) is 3.83. The SMILES string of the molecule is Cc1ccc(NC(=O)CN(C)Cc2ccc(Br)cc2)cc1. The summed E-state index contributed by atoms with van der Waals surface area (Å²) in [5, 5.41) is 2.91. The van der Waals surface area contributed by atoms with Gasteiger partial charge < -0.3 is 5.32 Å². The van der Waals surface area contributed by atoms with E-state index >= 15 is 0 Å². The number of carbonyl (C=O) groups is 1. The lowest BCUT2D eigenvalue weighted by atomic mass is 10.2. The number of amides is 1. The first-order chi connectivity index (χ1) is 10.0. The van der Waals surface area contributed by atoms with Crippen LogP contribution in [0.15, 0.2) is 53.0 Å². The quantitative estimate of drug-likeness (QED) is 0.892. The Bertz CT molecular complexity index is 593. The van der Waals surface area contributed by atoms with E-state index in [0.717, 1.165) is 16.7 Å². The van der Waals surface area contributed by atoms with Crippen LogP contribution in [0.25, 0.3) is 0 Å². The molecule has 110 valence electrons. The summed E-state index contributed by atoms with van der Waals surface area (Å²) in [7, 11) is 1.94.